The van der Waals surface area contributed by atoms with Crippen LogP contribution in [0.3, 0.4) is 0 Å². The quantitative estimate of drug-likeness (QED) is 0.761. The Balaban J connectivity index is 1.78. The van der Waals surface area contributed by atoms with Gasteiger partial charge in [0.1, 0.15) is 5.69 Å². The van der Waals surface area contributed by atoms with E-state index in [0.717, 1.165) is 35.6 Å². The second-order valence-corrected chi connectivity index (χ2v) is 7.95. The summed E-state index contributed by atoms with van der Waals surface area (Å²) in [4.78, 5) is 19.6. The lowest BCUT2D eigenvalue weighted by atomic mass is 10.0. The largest absolute Gasteiger partial charge is 0.332 e. The molecule has 1 aromatic carbocycles. The molecule has 0 bridgehead atoms. The maximum absolute atomic E-state index is 13.0. The second-order valence-electron chi connectivity index (χ2n) is 7.95. The summed E-state index contributed by atoms with van der Waals surface area (Å²) in [5, 5.41) is 8.08. The first-order valence-corrected chi connectivity index (χ1v) is 9.93. The Morgan fingerprint density at radius 3 is 2.68 bits per heavy atom. The zero-order chi connectivity index (χ0) is 19.8. The summed E-state index contributed by atoms with van der Waals surface area (Å²) in [7, 11) is 0. The van der Waals surface area contributed by atoms with Gasteiger partial charge in [0.2, 0.25) is 0 Å². The summed E-state index contributed by atoms with van der Waals surface area (Å²) >= 11 is 0. The number of nitrogens with zero attached hydrogens (tertiary/aromatic N) is 4. The van der Waals surface area contributed by atoms with Gasteiger partial charge in [-0.2, -0.15) is 5.10 Å². The van der Waals surface area contributed by atoms with E-state index in [1.165, 1.54) is 5.56 Å². The third kappa shape index (κ3) is 3.40. The summed E-state index contributed by atoms with van der Waals surface area (Å²) in [5.41, 5.74) is 5.49. The van der Waals surface area contributed by atoms with Crippen molar-refractivity contribution in [3.05, 3.63) is 53.3 Å². The molecule has 4 rings (SSSR count). The molecule has 1 fully saturated rings. The summed E-state index contributed by atoms with van der Waals surface area (Å²) in [5.74, 6) is 0.254. The van der Waals surface area contributed by atoms with Crippen LogP contribution in [-0.4, -0.2) is 51.1 Å². The van der Waals surface area contributed by atoms with Crippen molar-refractivity contribution in [1.29, 1.82) is 0 Å². The van der Waals surface area contributed by atoms with Crippen molar-refractivity contribution in [2.75, 3.05) is 19.6 Å². The number of imidazole rings is 1. The van der Waals surface area contributed by atoms with Crippen molar-refractivity contribution < 1.29 is 4.79 Å². The summed E-state index contributed by atoms with van der Waals surface area (Å²) in [6.45, 7) is 10.7. The first kappa shape index (κ1) is 18.6. The number of aromatic nitrogens is 3. The summed E-state index contributed by atoms with van der Waals surface area (Å²) in [6, 6.07) is 10.6. The highest BCUT2D eigenvalue weighted by atomic mass is 16.2. The van der Waals surface area contributed by atoms with Gasteiger partial charge in [-0.1, -0.05) is 43.7 Å². The standard InChI is InChI=1S/C22H27N5O/c1-14(2)18-11-19(17-7-5-15(3)6-8-17)25-27-13-20(24-21(18)27)22(28)26-10-9-23-12-16(26)4/h5-8,11,13-14,16,23H,9-10,12H2,1-4H3/t16-/m0/s1. The molecule has 146 valence electrons. The lowest BCUT2D eigenvalue weighted by molar-refractivity contribution is 0.0650. The van der Waals surface area contributed by atoms with Gasteiger partial charge in [0.05, 0.1) is 11.9 Å². The fraction of sp³-hybridized carbons (Fsp3) is 0.409. The maximum atomic E-state index is 13.0. The molecule has 0 saturated carbocycles. The topological polar surface area (TPSA) is 62.5 Å². The average Bonchev–Trinajstić information content (AvgIpc) is 3.11. The van der Waals surface area contributed by atoms with Crippen molar-refractivity contribution in [3.63, 3.8) is 0 Å². The first-order valence-electron chi connectivity index (χ1n) is 9.93. The fourth-order valence-corrected chi connectivity index (χ4v) is 3.68. The molecule has 1 aliphatic heterocycles. The van der Waals surface area contributed by atoms with Crippen LogP contribution in [0.5, 0.6) is 0 Å². The average molecular weight is 377 g/mol. The molecule has 3 aromatic rings. The normalized spacial score (nSPS) is 17.5. The number of nitrogens with one attached hydrogen (secondary N) is 1. The monoisotopic (exact) mass is 377 g/mol. The SMILES string of the molecule is Cc1ccc(-c2cc(C(C)C)c3nc(C(=O)N4CCNC[C@@H]4C)cn3n2)cc1. The number of hydrogen-bond acceptors (Lipinski definition) is 4. The predicted octanol–water partition coefficient (Wildman–Crippen LogP) is 3.26. The van der Waals surface area contributed by atoms with E-state index in [1.807, 2.05) is 4.90 Å². The number of hydrogen-bond donors (Lipinski definition) is 1. The van der Waals surface area contributed by atoms with Gasteiger partial charge in [0.25, 0.3) is 5.91 Å². The van der Waals surface area contributed by atoms with Gasteiger partial charge in [0.15, 0.2) is 5.65 Å². The molecule has 1 amide bonds. The summed E-state index contributed by atoms with van der Waals surface area (Å²) < 4.78 is 1.77. The Labute approximate surface area is 165 Å². The van der Waals surface area contributed by atoms with Gasteiger partial charge in [-0.25, -0.2) is 9.50 Å². The molecule has 0 aliphatic carbocycles. The molecule has 1 N–H and O–H groups in total. The predicted molar refractivity (Wildman–Crippen MR) is 111 cm³/mol. The molecule has 0 unspecified atom stereocenters. The highest BCUT2D eigenvalue weighted by Gasteiger charge is 2.26. The summed E-state index contributed by atoms with van der Waals surface area (Å²) in [6.07, 6.45) is 1.77. The smallest absolute Gasteiger partial charge is 0.274 e. The van der Waals surface area contributed by atoms with Crippen molar-refractivity contribution in [3.8, 4) is 11.3 Å². The number of aryl methyl sites for hydroxylation is 1. The number of carbonyl (C=O) groups is 1. The molecule has 0 spiro atoms. The molecule has 6 heteroatoms. The van der Waals surface area contributed by atoms with Crippen LogP contribution >= 0.6 is 0 Å². The number of fused-ring (bicyclic) bond motifs is 1. The van der Waals surface area contributed by atoms with Crippen LogP contribution in [0, 0.1) is 6.92 Å². The highest BCUT2D eigenvalue weighted by Crippen LogP contribution is 2.26. The molecule has 1 aliphatic rings. The van der Waals surface area contributed by atoms with Crippen LogP contribution in [0.2, 0.25) is 0 Å². The van der Waals surface area contributed by atoms with Gasteiger partial charge in [-0.15, -0.1) is 0 Å². The minimum atomic E-state index is -0.0221. The molecule has 28 heavy (non-hydrogen) atoms. The van der Waals surface area contributed by atoms with Gasteiger partial charge >= 0.3 is 0 Å². The third-order valence-electron chi connectivity index (χ3n) is 5.40. The molecular weight excluding hydrogens is 350 g/mol. The first-order chi connectivity index (χ1) is 13.4. The Morgan fingerprint density at radius 1 is 1.25 bits per heavy atom. The third-order valence-corrected chi connectivity index (χ3v) is 5.40. The van der Waals surface area contributed by atoms with Gasteiger partial charge in [-0.3, -0.25) is 4.79 Å². The van der Waals surface area contributed by atoms with E-state index in [2.05, 4.69) is 68.3 Å². The lowest BCUT2D eigenvalue weighted by Crippen LogP contribution is -2.52. The number of benzene rings is 1. The number of amides is 1. The zero-order valence-electron chi connectivity index (χ0n) is 16.9. The number of carbonyl (C=O) groups excluding carboxylic acids is 1. The molecule has 0 radical (unpaired) electrons. The Kier molecular flexibility index (Phi) is 4.89. The Hall–Kier alpha value is -2.73. The van der Waals surface area contributed by atoms with Gasteiger partial charge in [-0.05, 0) is 25.8 Å². The van der Waals surface area contributed by atoms with E-state index >= 15 is 0 Å². The lowest BCUT2D eigenvalue weighted by Gasteiger charge is -2.33. The van der Waals surface area contributed by atoms with Crippen LogP contribution < -0.4 is 5.32 Å². The molecular formula is C22H27N5O. The Bertz CT molecular complexity index is 1010. The van der Waals surface area contributed by atoms with Crippen molar-refractivity contribution in [2.45, 2.75) is 39.7 Å². The fourth-order valence-electron chi connectivity index (χ4n) is 3.68. The van der Waals surface area contributed by atoms with Crippen LogP contribution in [0.25, 0.3) is 16.9 Å². The van der Waals surface area contributed by atoms with E-state index in [1.54, 1.807) is 10.7 Å². The Morgan fingerprint density at radius 2 is 2.00 bits per heavy atom. The van der Waals surface area contributed by atoms with Crippen molar-refractivity contribution in [2.24, 2.45) is 0 Å². The van der Waals surface area contributed by atoms with E-state index in [0.29, 0.717) is 12.2 Å². The van der Waals surface area contributed by atoms with Gasteiger partial charge < -0.3 is 10.2 Å². The van der Waals surface area contributed by atoms with E-state index in [4.69, 9.17) is 5.10 Å². The zero-order valence-corrected chi connectivity index (χ0v) is 16.9. The molecule has 1 saturated heterocycles. The minimum Gasteiger partial charge on any atom is -0.332 e. The van der Waals surface area contributed by atoms with E-state index in [9.17, 15) is 4.79 Å². The second kappa shape index (κ2) is 7.36. The molecule has 1 atom stereocenters. The minimum absolute atomic E-state index is 0.0221. The van der Waals surface area contributed by atoms with E-state index in [-0.39, 0.29) is 17.9 Å². The van der Waals surface area contributed by atoms with Crippen LogP contribution in [0.1, 0.15) is 48.3 Å². The molecule has 2 aromatic heterocycles. The molecule has 3 heterocycles. The number of piperazine rings is 1. The van der Waals surface area contributed by atoms with E-state index < -0.39 is 0 Å². The molecule has 6 nitrogen and oxygen atoms in total. The van der Waals surface area contributed by atoms with Crippen molar-refractivity contribution in [1.82, 2.24) is 24.8 Å². The highest BCUT2D eigenvalue weighted by molar-refractivity contribution is 5.93. The van der Waals surface area contributed by atoms with Crippen molar-refractivity contribution >= 4 is 11.6 Å². The number of rotatable bonds is 3. The van der Waals surface area contributed by atoms with Gasteiger partial charge in [0, 0.05) is 36.8 Å². The van der Waals surface area contributed by atoms with Crippen LogP contribution in [0.15, 0.2) is 36.5 Å². The van der Waals surface area contributed by atoms with Crippen LogP contribution in [-0.2, 0) is 0 Å². The maximum Gasteiger partial charge on any atom is 0.274 e. The van der Waals surface area contributed by atoms with Crippen LogP contribution in [0.4, 0.5) is 0 Å².